The molecule has 6 nitrogen and oxygen atoms in total. The fraction of sp³-hybridized carbons (Fsp3) is 0.241. The Morgan fingerprint density at radius 3 is 2.51 bits per heavy atom. The zero-order chi connectivity index (χ0) is 27.4. The molecule has 0 bridgehead atoms. The molecule has 0 aliphatic heterocycles. The van der Waals surface area contributed by atoms with Gasteiger partial charge < -0.3 is 0 Å². The van der Waals surface area contributed by atoms with Gasteiger partial charge in [0.25, 0.3) is 0 Å². The quantitative estimate of drug-likeness (QED) is 0.226. The van der Waals surface area contributed by atoms with Gasteiger partial charge in [-0.25, -0.2) is 27.0 Å². The van der Waals surface area contributed by atoms with Crippen LogP contribution in [0.1, 0.15) is 40.3 Å². The summed E-state index contributed by atoms with van der Waals surface area (Å²) in [5.41, 5.74) is 2.62. The van der Waals surface area contributed by atoms with Crippen LogP contribution in [0.4, 0.5) is 8.78 Å². The Morgan fingerprint density at radius 2 is 1.85 bits per heavy atom. The smallest absolute Gasteiger partial charge is 0.201 e. The van der Waals surface area contributed by atoms with Crippen LogP contribution in [0.15, 0.2) is 76.8 Å². The molecule has 0 spiro atoms. The Kier molecular flexibility index (Phi) is 6.36. The first-order valence-corrected chi connectivity index (χ1v) is 15.1. The molecule has 200 valence electrons. The van der Waals surface area contributed by atoms with Gasteiger partial charge in [-0.05, 0) is 98.8 Å². The molecule has 1 saturated carbocycles. The van der Waals surface area contributed by atoms with E-state index >= 15 is 0 Å². The predicted molar refractivity (Wildman–Crippen MR) is 149 cm³/mol. The van der Waals surface area contributed by atoms with Gasteiger partial charge in [-0.15, -0.1) is 11.3 Å². The molecule has 2 aromatic heterocycles. The van der Waals surface area contributed by atoms with Crippen molar-refractivity contribution < 1.29 is 17.8 Å². The number of ketones is 1. The van der Waals surface area contributed by atoms with Crippen LogP contribution in [0.5, 0.6) is 0 Å². The van der Waals surface area contributed by atoms with Gasteiger partial charge in [0.1, 0.15) is 11.6 Å². The van der Waals surface area contributed by atoms with Crippen LogP contribution < -0.4 is 0 Å². The molecule has 2 aromatic carbocycles. The van der Waals surface area contributed by atoms with E-state index in [1.54, 1.807) is 45.9 Å². The molecule has 6 rings (SSSR count). The Balaban J connectivity index is 1.40. The monoisotopic (exact) mass is 564 g/mol. The van der Waals surface area contributed by atoms with Crippen molar-refractivity contribution in [2.45, 2.75) is 36.6 Å². The van der Waals surface area contributed by atoms with Crippen molar-refractivity contribution in [3.63, 3.8) is 0 Å². The summed E-state index contributed by atoms with van der Waals surface area (Å²) in [4.78, 5) is 18.9. The molecular formula is C29H26F2N4O2S2. The van der Waals surface area contributed by atoms with Crippen LogP contribution >= 0.6 is 11.3 Å². The standard InChI is InChI=1S/C29H26F2N4O2S2/c1-34(39(2,37)25-11-6-22(31)7-12-25)24-8-3-20-15-26-19(18-33-35(26)23-9-4-21(30)5-10-23)16-29(20,17-24)27(36)28-32-13-14-38-28/h4-7,9-15,18,24H,2-3,8,16-17H2,1H3/t24-,29-,39?/m0/s1. The number of nitrogens with zero attached hydrogens (tertiary/aromatic N) is 4. The lowest BCUT2D eigenvalue weighted by molar-refractivity contribution is 0.0754. The van der Waals surface area contributed by atoms with E-state index in [4.69, 9.17) is 0 Å². The molecule has 3 atom stereocenters. The highest BCUT2D eigenvalue weighted by Crippen LogP contribution is 2.51. The van der Waals surface area contributed by atoms with E-state index in [1.165, 1.54) is 47.7 Å². The van der Waals surface area contributed by atoms with Crippen molar-refractivity contribution in [1.29, 1.82) is 0 Å². The lowest BCUT2D eigenvalue weighted by atomic mass is 9.61. The van der Waals surface area contributed by atoms with Crippen LogP contribution in [0.3, 0.4) is 0 Å². The Hall–Kier alpha value is -3.47. The maximum atomic E-state index is 14.2. The number of hydrogen-bond acceptors (Lipinski definition) is 5. The van der Waals surface area contributed by atoms with E-state index in [2.05, 4.69) is 16.0 Å². The fourth-order valence-electron chi connectivity index (χ4n) is 5.78. The van der Waals surface area contributed by atoms with Crippen molar-refractivity contribution >= 4 is 38.8 Å². The number of aromatic nitrogens is 3. The number of Topliss-reactive ketones (excluding diaryl/α,β-unsaturated/α-hetero) is 1. The molecule has 1 fully saturated rings. The molecule has 0 radical (unpaired) electrons. The lowest BCUT2D eigenvalue weighted by Crippen LogP contribution is -2.49. The first-order valence-electron chi connectivity index (χ1n) is 12.5. The molecule has 2 heterocycles. The van der Waals surface area contributed by atoms with Gasteiger partial charge in [0.15, 0.2) is 5.01 Å². The van der Waals surface area contributed by atoms with E-state index in [0.717, 1.165) is 22.5 Å². The second-order valence-electron chi connectivity index (χ2n) is 10.1. The van der Waals surface area contributed by atoms with Crippen LogP contribution in [-0.2, 0) is 16.1 Å². The molecular weight excluding hydrogens is 538 g/mol. The molecule has 1 unspecified atom stereocenters. The molecule has 2 aliphatic rings. The van der Waals surface area contributed by atoms with Crippen molar-refractivity contribution in [3.8, 4) is 5.69 Å². The first-order chi connectivity index (χ1) is 18.7. The highest BCUT2D eigenvalue weighted by atomic mass is 32.2. The summed E-state index contributed by atoms with van der Waals surface area (Å²) in [6.07, 6.45) is 7.57. The van der Waals surface area contributed by atoms with Crippen LogP contribution in [0, 0.1) is 17.0 Å². The Morgan fingerprint density at radius 1 is 1.15 bits per heavy atom. The number of halogens is 2. The second-order valence-corrected chi connectivity index (χ2v) is 13.3. The van der Waals surface area contributed by atoms with Crippen LogP contribution in [0.2, 0.25) is 0 Å². The summed E-state index contributed by atoms with van der Waals surface area (Å²) < 4.78 is 44.5. The fourth-order valence-corrected chi connectivity index (χ4v) is 8.01. The number of rotatable bonds is 6. The number of carbonyl (C=O) groups is 1. The van der Waals surface area contributed by atoms with Crippen LogP contribution in [0.25, 0.3) is 11.8 Å². The van der Waals surface area contributed by atoms with E-state index in [-0.39, 0.29) is 17.6 Å². The number of hydrogen-bond donors (Lipinski definition) is 0. The summed E-state index contributed by atoms with van der Waals surface area (Å²) >= 11 is 1.31. The molecule has 0 N–H and O–H groups in total. The first kappa shape index (κ1) is 25.8. The van der Waals surface area contributed by atoms with Crippen molar-refractivity contribution in [1.82, 2.24) is 19.1 Å². The van der Waals surface area contributed by atoms with Gasteiger partial charge in [-0.1, -0.05) is 5.57 Å². The molecule has 0 amide bonds. The summed E-state index contributed by atoms with van der Waals surface area (Å²) in [5, 5.41) is 6.80. The minimum atomic E-state index is -2.92. The number of allylic oxidation sites excluding steroid dienone is 1. The van der Waals surface area contributed by atoms with Gasteiger partial charge in [-0.3, -0.25) is 4.79 Å². The highest BCUT2D eigenvalue weighted by Gasteiger charge is 2.51. The zero-order valence-corrected chi connectivity index (χ0v) is 22.9. The third kappa shape index (κ3) is 4.36. The zero-order valence-electron chi connectivity index (χ0n) is 21.2. The maximum absolute atomic E-state index is 14.2. The third-order valence-corrected chi connectivity index (χ3v) is 10.9. The average molecular weight is 565 g/mol. The Bertz CT molecular complexity index is 1680. The summed E-state index contributed by atoms with van der Waals surface area (Å²) in [7, 11) is -1.16. The number of benzene rings is 2. The molecule has 0 saturated heterocycles. The van der Waals surface area contributed by atoms with Gasteiger partial charge >= 0.3 is 0 Å². The predicted octanol–water partition coefficient (Wildman–Crippen LogP) is 5.59. The van der Waals surface area contributed by atoms with Gasteiger partial charge in [0.05, 0.1) is 32.7 Å². The van der Waals surface area contributed by atoms with Crippen molar-refractivity contribution in [2.24, 2.45) is 5.41 Å². The molecule has 39 heavy (non-hydrogen) atoms. The minimum absolute atomic E-state index is 0.0561. The number of carbonyl (C=O) groups excluding carboxylic acids is 1. The summed E-state index contributed by atoms with van der Waals surface area (Å²) in [6.45, 7) is 0. The molecule has 4 aromatic rings. The summed E-state index contributed by atoms with van der Waals surface area (Å²) in [5.74, 6) is 3.24. The molecule has 2 aliphatic carbocycles. The van der Waals surface area contributed by atoms with E-state index in [9.17, 15) is 17.8 Å². The lowest BCUT2D eigenvalue weighted by Gasteiger charge is -2.46. The van der Waals surface area contributed by atoms with Gasteiger partial charge in [0.2, 0.25) is 5.78 Å². The van der Waals surface area contributed by atoms with Gasteiger partial charge in [-0.2, -0.15) is 5.10 Å². The molecule has 10 heteroatoms. The van der Waals surface area contributed by atoms with Crippen LogP contribution in [-0.4, -0.2) is 48.0 Å². The topological polar surface area (TPSA) is 68.1 Å². The van der Waals surface area contributed by atoms with E-state index < -0.39 is 20.9 Å². The Labute approximate surface area is 229 Å². The normalized spacial score (nSPS) is 22.1. The van der Waals surface area contributed by atoms with Gasteiger partial charge in [0, 0.05) is 22.5 Å². The largest absolute Gasteiger partial charge is 0.290 e. The SMILES string of the molecule is C=S(=O)(c1ccc(F)cc1)N(C)[C@H]1CCC2=Cc3c(cnn3-c3ccc(F)cc3)C[C@]2(C(=O)c2nccs2)C1. The third-order valence-electron chi connectivity index (χ3n) is 7.93. The van der Waals surface area contributed by atoms with E-state index in [0.29, 0.717) is 35.6 Å². The van der Waals surface area contributed by atoms with Crippen molar-refractivity contribution in [2.75, 3.05) is 7.05 Å². The second kappa shape index (κ2) is 9.62. The maximum Gasteiger partial charge on any atom is 0.201 e. The van der Waals surface area contributed by atoms with E-state index in [1.807, 2.05) is 6.08 Å². The van der Waals surface area contributed by atoms with Crippen molar-refractivity contribution in [3.05, 3.63) is 99.8 Å². The number of fused-ring (bicyclic) bond motifs is 2. The minimum Gasteiger partial charge on any atom is -0.290 e. The average Bonchev–Trinajstić information content (AvgIpc) is 3.61. The summed E-state index contributed by atoms with van der Waals surface area (Å²) in [6, 6.07) is 11.5. The number of thiazole rings is 1. The highest BCUT2D eigenvalue weighted by molar-refractivity contribution is 7.98.